The Morgan fingerprint density at radius 2 is 2.45 bits per heavy atom. The fourth-order valence-corrected chi connectivity index (χ4v) is 1.70. The van der Waals surface area contributed by atoms with E-state index in [1.165, 1.54) is 0 Å². The molecule has 0 N–H and O–H groups in total. The van der Waals surface area contributed by atoms with Crippen LogP contribution in [0.5, 0.6) is 0 Å². The van der Waals surface area contributed by atoms with Crippen LogP contribution in [0.15, 0.2) is 0 Å². The molecular weight excluding hydrogens is 138 g/mol. The van der Waals surface area contributed by atoms with Crippen LogP contribution in [-0.2, 0) is 4.79 Å². The molecule has 2 unspecified atom stereocenters. The zero-order valence-corrected chi connectivity index (χ0v) is 6.84. The molecule has 1 aliphatic carbocycles. The van der Waals surface area contributed by atoms with E-state index in [-0.39, 0.29) is 11.7 Å². The first-order valence-electron chi connectivity index (χ1n) is 4.19. The molecule has 0 heterocycles. The summed E-state index contributed by atoms with van der Waals surface area (Å²) < 4.78 is 0. The van der Waals surface area contributed by atoms with Gasteiger partial charge in [-0.1, -0.05) is 13.3 Å². The molecule has 1 aliphatic rings. The van der Waals surface area contributed by atoms with Gasteiger partial charge >= 0.3 is 0 Å². The van der Waals surface area contributed by atoms with E-state index in [0.29, 0.717) is 18.8 Å². The van der Waals surface area contributed by atoms with Crippen molar-refractivity contribution in [2.75, 3.05) is 0 Å². The molecule has 0 saturated heterocycles. The predicted molar refractivity (Wildman–Crippen MR) is 41.7 cm³/mol. The first kappa shape index (κ1) is 8.26. The summed E-state index contributed by atoms with van der Waals surface area (Å²) in [6.07, 6.45) is 3.14. The van der Waals surface area contributed by atoms with Gasteiger partial charge in [0.15, 0.2) is 0 Å². The fourth-order valence-electron chi connectivity index (χ4n) is 1.70. The molecule has 0 aromatic rings. The van der Waals surface area contributed by atoms with Crippen LogP contribution in [0.4, 0.5) is 0 Å². The number of ketones is 1. The Hall–Kier alpha value is -0.840. The molecule has 1 fully saturated rings. The van der Waals surface area contributed by atoms with Crippen molar-refractivity contribution in [1.82, 2.24) is 0 Å². The summed E-state index contributed by atoms with van der Waals surface area (Å²) in [5, 5.41) is 8.71. The lowest BCUT2D eigenvalue weighted by atomic mass is 9.78. The second-order valence-electron chi connectivity index (χ2n) is 3.19. The minimum atomic E-state index is 0.00116. The third-order valence-electron chi connectivity index (χ3n) is 2.50. The molecule has 0 aromatic heterocycles. The first-order valence-corrected chi connectivity index (χ1v) is 4.19. The third kappa shape index (κ3) is 1.80. The van der Waals surface area contributed by atoms with Crippen molar-refractivity contribution in [3.63, 3.8) is 0 Å². The summed E-state index contributed by atoms with van der Waals surface area (Å²) in [5.41, 5.74) is 0. The van der Waals surface area contributed by atoms with Gasteiger partial charge in [-0.3, -0.25) is 4.79 Å². The average Bonchev–Trinajstić information content (AvgIpc) is 2.04. The highest BCUT2D eigenvalue weighted by Gasteiger charge is 2.27. The van der Waals surface area contributed by atoms with Crippen LogP contribution in [0.3, 0.4) is 0 Å². The van der Waals surface area contributed by atoms with Gasteiger partial charge in [0.1, 0.15) is 5.78 Å². The summed E-state index contributed by atoms with van der Waals surface area (Å²) in [6.45, 7) is 2.09. The molecular formula is C9H13NO. The van der Waals surface area contributed by atoms with Gasteiger partial charge in [0.05, 0.1) is 12.0 Å². The van der Waals surface area contributed by atoms with Crippen molar-refractivity contribution < 1.29 is 4.79 Å². The first-order chi connectivity index (χ1) is 5.27. The third-order valence-corrected chi connectivity index (χ3v) is 2.50. The van der Waals surface area contributed by atoms with Crippen molar-refractivity contribution in [3.05, 3.63) is 0 Å². The molecule has 0 spiro atoms. The standard InChI is InChI=1S/C9H13NO/c1-2-7-3-4-9(11)5-8(7)6-10/h7-8H,2-5H2,1H3. The minimum Gasteiger partial charge on any atom is -0.300 e. The van der Waals surface area contributed by atoms with Gasteiger partial charge in [-0.25, -0.2) is 0 Å². The van der Waals surface area contributed by atoms with Crippen molar-refractivity contribution in [2.45, 2.75) is 32.6 Å². The molecule has 0 amide bonds. The molecule has 1 saturated carbocycles. The average molecular weight is 151 g/mol. The minimum absolute atomic E-state index is 0.00116. The van der Waals surface area contributed by atoms with Crippen molar-refractivity contribution in [1.29, 1.82) is 5.26 Å². The normalized spacial score (nSPS) is 31.5. The Bertz CT molecular complexity index is 192. The molecule has 1 rings (SSSR count). The summed E-state index contributed by atoms with van der Waals surface area (Å²) in [6, 6.07) is 2.21. The van der Waals surface area contributed by atoms with Crippen LogP contribution >= 0.6 is 0 Å². The highest BCUT2D eigenvalue weighted by Crippen LogP contribution is 2.29. The SMILES string of the molecule is CCC1CCC(=O)CC1C#N. The lowest BCUT2D eigenvalue weighted by Crippen LogP contribution is -2.23. The van der Waals surface area contributed by atoms with Crippen LogP contribution in [0.1, 0.15) is 32.6 Å². The van der Waals surface area contributed by atoms with E-state index in [2.05, 4.69) is 13.0 Å². The van der Waals surface area contributed by atoms with E-state index in [1.54, 1.807) is 0 Å². The zero-order valence-electron chi connectivity index (χ0n) is 6.84. The van der Waals surface area contributed by atoms with E-state index in [1.807, 2.05) is 0 Å². The van der Waals surface area contributed by atoms with Crippen LogP contribution in [0.25, 0.3) is 0 Å². The topological polar surface area (TPSA) is 40.9 Å². The number of hydrogen-bond acceptors (Lipinski definition) is 2. The maximum Gasteiger partial charge on any atom is 0.134 e. The number of rotatable bonds is 1. The molecule has 2 atom stereocenters. The maximum absolute atomic E-state index is 10.9. The molecule has 2 nitrogen and oxygen atoms in total. The van der Waals surface area contributed by atoms with Gasteiger partial charge in [-0.05, 0) is 12.3 Å². The molecule has 0 aromatic carbocycles. The smallest absolute Gasteiger partial charge is 0.134 e. The lowest BCUT2D eigenvalue weighted by molar-refractivity contribution is -0.121. The summed E-state index contributed by atoms with van der Waals surface area (Å²) in [5.74, 6) is 0.736. The van der Waals surface area contributed by atoms with E-state index in [4.69, 9.17) is 5.26 Å². The monoisotopic (exact) mass is 151 g/mol. The summed E-state index contributed by atoms with van der Waals surface area (Å²) in [4.78, 5) is 10.9. The fraction of sp³-hybridized carbons (Fsp3) is 0.778. The van der Waals surface area contributed by atoms with Gasteiger partial charge in [0.25, 0.3) is 0 Å². The van der Waals surface area contributed by atoms with Crippen LogP contribution in [-0.4, -0.2) is 5.78 Å². The largest absolute Gasteiger partial charge is 0.300 e. The Balaban J connectivity index is 2.56. The van der Waals surface area contributed by atoms with Gasteiger partial charge < -0.3 is 0 Å². The number of Topliss-reactive ketones (excluding diaryl/α,β-unsaturated/α-hetero) is 1. The molecule has 11 heavy (non-hydrogen) atoms. The molecule has 0 aliphatic heterocycles. The number of hydrogen-bond donors (Lipinski definition) is 0. The Morgan fingerprint density at radius 3 is 3.00 bits per heavy atom. The van der Waals surface area contributed by atoms with Crippen molar-refractivity contribution in [3.8, 4) is 6.07 Å². The summed E-state index contributed by atoms with van der Waals surface area (Å²) in [7, 11) is 0. The second kappa shape index (κ2) is 3.52. The van der Waals surface area contributed by atoms with Crippen molar-refractivity contribution >= 4 is 5.78 Å². The number of nitriles is 1. The van der Waals surface area contributed by atoms with Crippen LogP contribution in [0, 0.1) is 23.2 Å². The van der Waals surface area contributed by atoms with Gasteiger partial charge in [0.2, 0.25) is 0 Å². The lowest BCUT2D eigenvalue weighted by Gasteiger charge is -2.24. The predicted octanol–water partition coefficient (Wildman–Crippen LogP) is 1.91. The van der Waals surface area contributed by atoms with E-state index in [9.17, 15) is 4.79 Å². The van der Waals surface area contributed by atoms with Crippen LogP contribution in [0.2, 0.25) is 0 Å². The zero-order chi connectivity index (χ0) is 8.27. The molecule has 0 bridgehead atoms. The molecule has 0 radical (unpaired) electrons. The highest BCUT2D eigenvalue weighted by atomic mass is 16.1. The molecule has 2 heteroatoms. The Labute approximate surface area is 67.2 Å². The number of nitrogens with zero attached hydrogens (tertiary/aromatic N) is 1. The number of carbonyl (C=O) groups excluding carboxylic acids is 1. The van der Waals surface area contributed by atoms with E-state index < -0.39 is 0 Å². The Kier molecular flexibility index (Phi) is 2.64. The number of carbonyl (C=O) groups is 1. The van der Waals surface area contributed by atoms with Gasteiger partial charge in [-0.2, -0.15) is 5.26 Å². The van der Waals surface area contributed by atoms with E-state index in [0.717, 1.165) is 12.8 Å². The van der Waals surface area contributed by atoms with Crippen molar-refractivity contribution in [2.24, 2.45) is 11.8 Å². The van der Waals surface area contributed by atoms with E-state index >= 15 is 0 Å². The summed E-state index contributed by atoms with van der Waals surface area (Å²) >= 11 is 0. The van der Waals surface area contributed by atoms with Gasteiger partial charge in [-0.15, -0.1) is 0 Å². The van der Waals surface area contributed by atoms with Crippen LogP contribution < -0.4 is 0 Å². The maximum atomic E-state index is 10.9. The Morgan fingerprint density at radius 1 is 1.73 bits per heavy atom. The highest BCUT2D eigenvalue weighted by molar-refractivity contribution is 5.79. The van der Waals surface area contributed by atoms with Gasteiger partial charge in [0, 0.05) is 12.8 Å². The second-order valence-corrected chi connectivity index (χ2v) is 3.19. The quantitative estimate of drug-likeness (QED) is 0.574. The molecule has 60 valence electrons.